The van der Waals surface area contributed by atoms with Crippen molar-refractivity contribution in [2.24, 2.45) is 11.8 Å². The molecule has 0 aromatic heterocycles. The normalized spacial score (nSPS) is 22.1. The van der Waals surface area contributed by atoms with Gasteiger partial charge >= 0.3 is 12.0 Å². The van der Waals surface area contributed by atoms with Crippen LogP contribution in [0.1, 0.15) is 59.3 Å². The molecular weight excluding hydrogens is 268 g/mol. The Balaban J connectivity index is 2.36. The molecule has 1 saturated carbocycles. The van der Waals surface area contributed by atoms with E-state index >= 15 is 0 Å². The lowest BCUT2D eigenvalue weighted by atomic mass is 9.82. The molecule has 5 nitrogen and oxygen atoms in total. The number of carboxylic acids is 1. The van der Waals surface area contributed by atoms with Gasteiger partial charge in [0.1, 0.15) is 0 Å². The van der Waals surface area contributed by atoms with Gasteiger partial charge in [-0.3, -0.25) is 4.79 Å². The van der Waals surface area contributed by atoms with Gasteiger partial charge in [0.2, 0.25) is 0 Å². The SMILES string of the molecule is CC1CCCC(CNC(=O)N(CCCC(=O)O)C(C)C)C1. The molecule has 0 aliphatic heterocycles. The van der Waals surface area contributed by atoms with Crippen LogP contribution in [0.25, 0.3) is 0 Å². The number of urea groups is 1. The second-order valence-electron chi connectivity index (χ2n) is 6.61. The summed E-state index contributed by atoms with van der Waals surface area (Å²) < 4.78 is 0. The summed E-state index contributed by atoms with van der Waals surface area (Å²) in [5.74, 6) is 0.540. The molecule has 5 heteroatoms. The predicted molar refractivity (Wildman–Crippen MR) is 83.2 cm³/mol. The number of hydrogen-bond donors (Lipinski definition) is 2. The zero-order valence-electron chi connectivity index (χ0n) is 13.6. The Morgan fingerprint density at radius 1 is 1.33 bits per heavy atom. The summed E-state index contributed by atoms with van der Waals surface area (Å²) in [6, 6.07) is 0.0256. The Hall–Kier alpha value is -1.26. The summed E-state index contributed by atoms with van der Waals surface area (Å²) in [4.78, 5) is 24.5. The van der Waals surface area contributed by atoms with Crippen molar-refractivity contribution in [3.05, 3.63) is 0 Å². The third-order valence-corrected chi connectivity index (χ3v) is 4.26. The molecule has 2 amide bonds. The predicted octanol–water partition coefficient (Wildman–Crippen LogP) is 3.10. The second kappa shape index (κ2) is 8.90. The van der Waals surface area contributed by atoms with E-state index in [1.807, 2.05) is 13.8 Å². The molecule has 122 valence electrons. The van der Waals surface area contributed by atoms with E-state index in [-0.39, 0.29) is 18.5 Å². The van der Waals surface area contributed by atoms with Crippen LogP contribution in [-0.4, -0.2) is 41.1 Å². The molecule has 0 spiro atoms. The molecule has 0 heterocycles. The van der Waals surface area contributed by atoms with Gasteiger partial charge in [-0.15, -0.1) is 0 Å². The van der Waals surface area contributed by atoms with Crippen molar-refractivity contribution in [2.45, 2.75) is 65.3 Å². The number of carbonyl (C=O) groups is 2. The molecule has 2 N–H and O–H groups in total. The monoisotopic (exact) mass is 298 g/mol. The van der Waals surface area contributed by atoms with Crippen LogP contribution in [0.4, 0.5) is 4.79 Å². The van der Waals surface area contributed by atoms with Crippen LogP contribution >= 0.6 is 0 Å². The molecule has 1 aliphatic rings. The maximum Gasteiger partial charge on any atom is 0.317 e. The van der Waals surface area contributed by atoms with Crippen molar-refractivity contribution in [1.29, 1.82) is 0 Å². The molecule has 2 atom stereocenters. The maximum atomic E-state index is 12.3. The van der Waals surface area contributed by atoms with E-state index in [9.17, 15) is 9.59 Å². The highest BCUT2D eigenvalue weighted by atomic mass is 16.4. The van der Waals surface area contributed by atoms with Crippen molar-refractivity contribution in [3.8, 4) is 0 Å². The molecule has 1 aliphatic carbocycles. The molecule has 1 rings (SSSR count). The lowest BCUT2D eigenvalue weighted by Gasteiger charge is -2.30. The molecular formula is C16H30N2O3. The number of aliphatic carboxylic acids is 1. The molecule has 0 radical (unpaired) electrons. The Kier molecular flexibility index (Phi) is 7.54. The third kappa shape index (κ3) is 6.82. The van der Waals surface area contributed by atoms with Gasteiger partial charge in [0, 0.05) is 25.6 Å². The highest BCUT2D eigenvalue weighted by Crippen LogP contribution is 2.27. The third-order valence-electron chi connectivity index (χ3n) is 4.26. The lowest BCUT2D eigenvalue weighted by Crippen LogP contribution is -2.46. The average Bonchev–Trinajstić information content (AvgIpc) is 2.40. The van der Waals surface area contributed by atoms with Crippen molar-refractivity contribution in [1.82, 2.24) is 10.2 Å². The van der Waals surface area contributed by atoms with Gasteiger partial charge in [-0.05, 0) is 44.9 Å². The van der Waals surface area contributed by atoms with Crippen molar-refractivity contribution >= 4 is 12.0 Å². The number of amides is 2. The first kappa shape index (κ1) is 17.8. The van der Waals surface area contributed by atoms with E-state index in [1.54, 1.807) is 4.90 Å². The van der Waals surface area contributed by atoms with Gasteiger partial charge in [-0.2, -0.15) is 0 Å². The van der Waals surface area contributed by atoms with Gasteiger partial charge in [0.05, 0.1) is 0 Å². The van der Waals surface area contributed by atoms with Crippen LogP contribution in [-0.2, 0) is 4.79 Å². The van der Waals surface area contributed by atoms with Crippen LogP contribution in [0, 0.1) is 11.8 Å². The van der Waals surface area contributed by atoms with Crippen LogP contribution in [0.15, 0.2) is 0 Å². The highest BCUT2D eigenvalue weighted by Gasteiger charge is 2.21. The molecule has 0 aromatic carbocycles. The summed E-state index contributed by atoms with van der Waals surface area (Å²) in [7, 11) is 0. The smallest absolute Gasteiger partial charge is 0.317 e. The Bertz CT molecular complexity index is 344. The number of nitrogens with zero attached hydrogens (tertiary/aromatic N) is 1. The summed E-state index contributed by atoms with van der Waals surface area (Å²) in [6.07, 6.45) is 5.57. The van der Waals surface area contributed by atoms with E-state index in [0.29, 0.717) is 18.9 Å². The van der Waals surface area contributed by atoms with Gasteiger partial charge in [0.15, 0.2) is 0 Å². The summed E-state index contributed by atoms with van der Waals surface area (Å²) >= 11 is 0. The van der Waals surface area contributed by atoms with Gasteiger partial charge in [-0.1, -0.05) is 19.8 Å². The van der Waals surface area contributed by atoms with Crippen molar-refractivity contribution < 1.29 is 14.7 Å². The highest BCUT2D eigenvalue weighted by molar-refractivity contribution is 5.74. The molecule has 2 unspecified atom stereocenters. The van der Waals surface area contributed by atoms with Crippen LogP contribution in [0.5, 0.6) is 0 Å². The maximum absolute atomic E-state index is 12.3. The minimum Gasteiger partial charge on any atom is -0.481 e. The molecule has 1 fully saturated rings. The fourth-order valence-corrected chi connectivity index (χ4v) is 3.07. The first-order valence-electron chi connectivity index (χ1n) is 8.16. The molecule has 0 aromatic rings. The summed E-state index contributed by atoms with van der Waals surface area (Å²) in [6.45, 7) is 7.44. The molecule has 21 heavy (non-hydrogen) atoms. The number of carboxylic acid groups (broad SMARTS) is 1. The Morgan fingerprint density at radius 2 is 2.05 bits per heavy atom. The zero-order valence-corrected chi connectivity index (χ0v) is 13.6. The standard InChI is InChI=1S/C16H30N2O3/c1-12(2)18(9-5-8-15(19)20)16(21)17-11-14-7-4-6-13(3)10-14/h12-14H,4-11H2,1-3H3,(H,17,21)(H,19,20). The van der Waals surface area contributed by atoms with Gasteiger partial charge in [0.25, 0.3) is 0 Å². The molecule has 0 saturated heterocycles. The minimum atomic E-state index is -0.810. The fraction of sp³-hybridized carbons (Fsp3) is 0.875. The quantitative estimate of drug-likeness (QED) is 0.759. The fourth-order valence-electron chi connectivity index (χ4n) is 3.07. The average molecular weight is 298 g/mol. The van der Waals surface area contributed by atoms with Crippen LogP contribution in [0.2, 0.25) is 0 Å². The van der Waals surface area contributed by atoms with Crippen LogP contribution < -0.4 is 5.32 Å². The summed E-state index contributed by atoms with van der Waals surface area (Å²) in [5.41, 5.74) is 0. The van der Waals surface area contributed by atoms with E-state index in [1.165, 1.54) is 25.7 Å². The minimum absolute atomic E-state index is 0.0615. The van der Waals surface area contributed by atoms with Gasteiger partial charge in [-0.25, -0.2) is 4.79 Å². The number of hydrogen-bond acceptors (Lipinski definition) is 2. The van der Waals surface area contributed by atoms with E-state index in [2.05, 4.69) is 12.2 Å². The number of carbonyl (C=O) groups excluding carboxylic acids is 1. The van der Waals surface area contributed by atoms with E-state index < -0.39 is 5.97 Å². The van der Waals surface area contributed by atoms with Crippen LogP contribution in [0.3, 0.4) is 0 Å². The van der Waals surface area contributed by atoms with Crippen molar-refractivity contribution in [2.75, 3.05) is 13.1 Å². The van der Waals surface area contributed by atoms with Gasteiger partial charge < -0.3 is 15.3 Å². The zero-order chi connectivity index (χ0) is 15.8. The Morgan fingerprint density at radius 3 is 2.62 bits per heavy atom. The first-order valence-corrected chi connectivity index (χ1v) is 8.16. The second-order valence-corrected chi connectivity index (χ2v) is 6.61. The van der Waals surface area contributed by atoms with E-state index in [0.717, 1.165) is 12.5 Å². The summed E-state index contributed by atoms with van der Waals surface area (Å²) in [5, 5.41) is 11.7. The lowest BCUT2D eigenvalue weighted by molar-refractivity contribution is -0.137. The first-order chi connectivity index (χ1) is 9.90. The van der Waals surface area contributed by atoms with E-state index in [4.69, 9.17) is 5.11 Å². The number of rotatable bonds is 7. The largest absolute Gasteiger partial charge is 0.481 e. The molecule has 0 bridgehead atoms. The van der Waals surface area contributed by atoms with Crippen molar-refractivity contribution in [3.63, 3.8) is 0 Å². The topological polar surface area (TPSA) is 69.6 Å². The number of nitrogens with one attached hydrogen (secondary N) is 1. The Labute approximate surface area is 128 Å².